The lowest BCUT2D eigenvalue weighted by atomic mass is 9.96. The van der Waals surface area contributed by atoms with Crippen LogP contribution in [0.5, 0.6) is 0 Å². The van der Waals surface area contributed by atoms with E-state index < -0.39 is 0 Å². The second-order valence-electron chi connectivity index (χ2n) is 5.27. The molecule has 1 aliphatic rings. The number of amides is 2. The van der Waals surface area contributed by atoms with Crippen molar-refractivity contribution in [3.05, 3.63) is 29.8 Å². The number of para-hydroxylation sites is 1. The van der Waals surface area contributed by atoms with E-state index in [4.69, 9.17) is 11.1 Å². The zero-order chi connectivity index (χ0) is 14.5. The Morgan fingerprint density at radius 3 is 2.60 bits per heavy atom. The normalized spacial score (nSPS) is 15.7. The van der Waals surface area contributed by atoms with Crippen LogP contribution in [-0.4, -0.2) is 25.0 Å². The minimum Gasteiger partial charge on any atom is -0.384 e. The number of carbonyl (C=O) groups excluding carboxylic acids is 1. The topological polar surface area (TPSA) is 82.2 Å². The van der Waals surface area contributed by atoms with Crippen molar-refractivity contribution in [1.29, 1.82) is 5.41 Å². The zero-order valence-electron chi connectivity index (χ0n) is 11.9. The molecule has 5 nitrogen and oxygen atoms in total. The summed E-state index contributed by atoms with van der Waals surface area (Å²) in [6.45, 7) is 0. The van der Waals surface area contributed by atoms with Crippen molar-refractivity contribution in [3.63, 3.8) is 0 Å². The van der Waals surface area contributed by atoms with E-state index in [1.165, 1.54) is 24.2 Å². The number of benzene rings is 1. The Morgan fingerprint density at radius 1 is 1.30 bits per heavy atom. The summed E-state index contributed by atoms with van der Waals surface area (Å²) in [6.07, 6.45) is 5.72. The molecule has 2 amide bonds. The Hall–Kier alpha value is -2.04. The number of anilines is 1. The van der Waals surface area contributed by atoms with Gasteiger partial charge < -0.3 is 11.1 Å². The number of amidine groups is 1. The van der Waals surface area contributed by atoms with Gasteiger partial charge in [0.2, 0.25) is 0 Å². The van der Waals surface area contributed by atoms with E-state index in [-0.39, 0.29) is 17.9 Å². The van der Waals surface area contributed by atoms with Gasteiger partial charge in [-0.3, -0.25) is 10.3 Å². The van der Waals surface area contributed by atoms with Crippen LogP contribution in [0.25, 0.3) is 0 Å². The molecule has 5 heteroatoms. The van der Waals surface area contributed by atoms with Crippen LogP contribution in [0.4, 0.5) is 10.5 Å². The average Bonchev–Trinajstić information content (AvgIpc) is 2.47. The fourth-order valence-corrected chi connectivity index (χ4v) is 2.62. The first-order valence-corrected chi connectivity index (χ1v) is 7.07. The number of urea groups is 1. The predicted molar refractivity (Wildman–Crippen MR) is 81.3 cm³/mol. The van der Waals surface area contributed by atoms with E-state index in [1.54, 1.807) is 19.2 Å². The van der Waals surface area contributed by atoms with E-state index >= 15 is 0 Å². The van der Waals surface area contributed by atoms with E-state index in [9.17, 15) is 4.79 Å². The zero-order valence-corrected chi connectivity index (χ0v) is 11.9. The van der Waals surface area contributed by atoms with Gasteiger partial charge >= 0.3 is 6.03 Å². The molecule has 0 atom stereocenters. The number of nitrogens with zero attached hydrogens (tertiary/aromatic N) is 1. The molecular weight excluding hydrogens is 252 g/mol. The highest BCUT2D eigenvalue weighted by Crippen LogP contribution is 2.21. The molecule has 0 unspecified atom stereocenters. The lowest BCUT2D eigenvalue weighted by molar-refractivity contribution is 0.239. The molecule has 1 aromatic rings. The minimum atomic E-state index is -0.134. The molecule has 1 fully saturated rings. The van der Waals surface area contributed by atoms with Gasteiger partial charge in [0.1, 0.15) is 5.84 Å². The minimum absolute atomic E-state index is 0.0297. The highest BCUT2D eigenvalue weighted by Gasteiger charge is 2.20. The Bertz CT molecular complexity index is 494. The van der Waals surface area contributed by atoms with Crippen molar-refractivity contribution < 1.29 is 4.79 Å². The van der Waals surface area contributed by atoms with Crippen molar-refractivity contribution in [3.8, 4) is 0 Å². The quantitative estimate of drug-likeness (QED) is 0.584. The molecule has 0 aromatic heterocycles. The van der Waals surface area contributed by atoms with Crippen LogP contribution in [0, 0.1) is 5.41 Å². The third kappa shape index (κ3) is 3.29. The first kappa shape index (κ1) is 14.4. The van der Waals surface area contributed by atoms with Crippen molar-refractivity contribution in [2.45, 2.75) is 38.1 Å². The van der Waals surface area contributed by atoms with Gasteiger partial charge in [-0.2, -0.15) is 0 Å². The van der Waals surface area contributed by atoms with Gasteiger partial charge in [0, 0.05) is 18.7 Å². The molecule has 0 radical (unpaired) electrons. The van der Waals surface area contributed by atoms with Crippen molar-refractivity contribution in [2.24, 2.45) is 5.73 Å². The summed E-state index contributed by atoms with van der Waals surface area (Å²) in [5.74, 6) is -0.0297. The number of nitrogen functional groups attached to an aromatic ring is 1. The highest BCUT2D eigenvalue weighted by molar-refractivity contribution is 6.04. The molecule has 1 aliphatic carbocycles. The smallest absolute Gasteiger partial charge is 0.321 e. The standard InChI is InChI=1S/C15H22N4O/c1-19(13-10-6-5-9-12(13)14(16)17)15(20)18-11-7-3-2-4-8-11/h5-6,9-11H,2-4,7-8H2,1H3,(H3,16,17)(H,18,20). The third-order valence-corrected chi connectivity index (χ3v) is 3.79. The van der Waals surface area contributed by atoms with E-state index in [1.807, 2.05) is 12.1 Å². The second kappa shape index (κ2) is 6.41. The Kier molecular flexibility index (Phi) is 4.61. The number of nitrogens with two attached hydrogens (primary N) is 1. The van der Waals surface area contributed by atoms with E-state index in [2.05, 4.69) is 5.32 Å². The summed E-state index contributed by atoms with van der Waals surface area (Å²) < 4.78 is 0. The molecule has 0 heterocycles. The van der Waals surface area contributed by atoms with E-state index in [0.717, 1.165) is 12.8 Å². The van der Waals surface area contributed by atoms with E-state index in [0.29, 0.717) is 11.3 Å². The molecule has 20 heavy (non-hydrogen) atoms. The number of nitrogens with one attached hydrogen (secondary N) is 2. The summed E-state index contributed by atoms with van der Waals surface area (Å²) in [5, 5.41) is 10.6. The van der Waals surface area contributed by atoms with Gasteiger partial charge in [0.25, 0.3) is 0 Å². The summed E-state index contributed by atoms with van der Waals surface area (Å²) in [4.78, 5) is 13.8. The van der Waals surface area contributed by atoms with Crippen molar-refractivity contribution >= 4 is 17.6 Å². The SMILES string of the molecule is CN(C(=O)NC1CCCCC1)c1ccccc1C(=N)N. The molecule has 0 aliphatic heterocycles. The lowest BCUT2D eigenvalue weighted by Gasteiger charge is -2.27. The second-order valence-corrected chi connectivity index (χ2v) is 5.27. The monoisotopic (exact) mass is 274 g/mol. The molecule has 0 spiro atoms. The van der Waals surface area contributed by atoms with Gasteiger partial charge in [0.05, 0.1) is 5.69 Å². The first-order valence-electron chi connectivity index (χ1n) is 7.07. The Morgan fingerprint density at radius 2 is 1.95 bits per heavy atom. The van der Waals surface area contributed by atoms with Gasteiger partial charge in [-0.25, -0.2) is 4.79 Å². The lowest BCUT2D eigenvalue weighted by Crippen LogP contribution is -2.44. The van der Waals surface area contributed by atoms with Crippen LogP contribution >= 0.6 is 0 Å². The van der Waals surface area contributed by atoms with Crippen molar-refractivity contribution in [1.82, 2.24) is 5.32 Å². The fourth-order valence-electron chi connectivity index (χ4n) is 2.62. The number of hydrogen-bond donors (Lipinski definition) is 3. The van der Waals surface area contributed by atoms with Crippen LogP contribution in [-0.2, 0) is 0 Å². The molecule has 4 N–H and O–H groups in total. The largest absolute Gasteiger partial charge is 0.384 e. The summed E-state index contributed by atoms with van der Waals surface area (Å²) >= 11 is 0. The Balaban J connectivity index is 2.08. The highest BCUT2D eigenvalue weighted by atomic mass is 16.2. The van der Waals surface area contributed by atoms with Crippen molar-refractivity contribution in [2.75, 3.05) is 11.9 Å². The van der Waals surface area contributed by atoms with Gasteiger partial charge in [-0.05, 0) is 25.0 Å². The van der Waals surface area contributed by atoms with Gasteiger partial charge in [-0.15, -0.1) is 0 Å². The predicted octanol–water partition coefficient (Wildman–Crippen LogP) is 2.45. The third-order valence-electron chi connectivity index (χ3n) is 3.79. The van der Waals surface area contributed by atoms with Crippen LogP contribution in [0.15, 0.2) is 24.3 Å². The van der Waals surface area contributed by atoms with Crippen LogP contribution in [0.3, 0.4) is 0 Å². The molecule has 0 bridgehead atoms. The van der Waals surface area contributed by atoms with Gasteiger partial charge in [-0.1, -0.05) is 31.4 Å². The number of hydrogen-bond acceptors (Lipinski definition) is 2. The molecule has 1 aromatic carbocycles. The number of carbonyl (C=O) groups is 1. The van der Waals surface area contributed by atoms with Gasteiger partial charge in [0.15, 0.2) is 0 Å². The molecular formula is C15H22N4O. The Labute approximate surface area is 119 Å². The average molecular weight is 274 g/mol. The molecule has 0 saturated heterocycles. The summed E-state index contributed by atoms with van der Waals surface area (Å²) in [5.41, 5.74) is 6.80. The first-order chi connectivity index (χ1) is 9.59. The summed E-state index contributed by atoms with van der Waals surface area (Å²) in [6, 6.07) is 7.34. The fraction of sp³-hybridized carbons (Fsp3) is 0.467. The van der Waals surface area contributed by atoms with Crippen LogP contribution in [0.1, 0.15) is 37.7 Å². The summed E-state index contributed by atoms with van der Waals surface area (Å²) in [7, 11) is 1.71. The maximum Gasteiger partial charge on any atom is 0.321 e. The van der Waals surface area contributed by atoms with Crippen LogP contribution in [0.2, 0.25) is 0 Å². The maximum atomic E-state index is 12.3. The van der Waals surface area contributed by atoms with Crippen LogP contribution < -0.4 is 16.0 Å². The molecule has 1 saturated carbocycles. The molecule has 2 rings (SSSR count). The molecule has 108 valence electrons. The maximum absolute atomic E-state index is 12.3. The number of rotatable bonds is 3.